The summed E-state index contributed by atoms with van der Waals surface area (Å²) in [5, 5.41) is 0. The molecular weight excluding hydrogens is 218 g/mol. The Morgan fingerprint density at radius 3 is 1.44 bits per heavy atom. The van der Waals surface area contributed by atoms with Crippen molar-refractivity contribution in [3.05, 3.63) is 0 Å². The van der Waals surface area contributed by atoms with Gasteiger partial charge in [-0.15, -0.1) is 0 Å². The second kappa shape index (κ2) is 10.8. The summed E-state index contributed by atoms with van der Waals surface area (Å²) in [6, 6.07) is 0. The quantitative estimate of drug-likeness (QED) is 0.441. The largest absolute Gasteiger partial charge is 0.303 e. The highest BCUT2D eigenvalue weighted by Gasteiger charge is 2.15. The number of hydrogen-bond acceptors (Lipinski definition) is 1. The molecule has 0 aromatic carbocycles. The van der Waals surface area contributed by atoms with Crippen LogP contribution in [0.3, 0.4) is 0 Å². The molecular formula is C17H37N. The van der Waals surface area contributed by atoms with Crippen molar-refractivity contribution < 1.29 is 0 Å². The van der Waals surface area contributed by atoms with Gasteiger partial charge in [0.2, 0.25) is 0 Å². The van der Waals surface area contributed by atoms with Gasteiger partial charge in [-0.3, -0.25) is 0 Å². The van der Waals surface area contributed by atoms with E-state index in [4.69, 9.17) is 0 Å². The molecule has 0 fully saturated rings. The summed E-state index contributed by atoms with van der Waals surface area (Å²) in [5.74, 6) is 0. The van der Waals surface area contributed by atoms with E-state index in [0.29, 0.717) is 5.41 Å². The molecule has 0 aliphatic heterocycles. The van der Waals surface area contributed by atoms with E-state index in [1.807, 2.05) is 0 Å². The number of unbranched alkanes of at least 4 members (excludes halogenated alkanes) is 6. The molecule has 0 aromatic rings. The fourth-order valence-corrected chi connectivity index (χ4v) is 2.47. The monoisotopic (exact) mass is 255 g/mol. The summed E-state index contributed by atoms with van der Waals surface area (Å²) in [6.45, 7) is 15.5. The molecule has 0 aliphatic carbocycles. The summed E-state index contributed by atoms with van der Waals surface area (Å²) in [4.78, 5) is 2.70. The smallest absolute Gasteiger partial charge is 0.00300 e. The van der Waals surface area contributed by atoms with Crippen LogP contribution in [-0.4, -0.2) is 24.5 Å². The lowest BCUT2D eigenvalue weighted by Gasteiger charge is -2.30. The lowest BCUT2D eigenvalue weighted by Crippen LogP contribution is -2.34. The van der Waals surface area contributed by atoms with Crippen molar-refractivity contribution in [2.24, 2.45) is 5.41 Å². The number of nitrogens with zero attached hydrogens (tertiary/aromatic N) is 1. The molecule has 0 atom stereocenters. The Balaban J connectivity index is 3.85. The van der Waals surface area contributed by atoms with Crippen LogP contribution in [0.2, 0.25) is 0 Å². The minimum atomic E-state index is 0.440. The molecule has 0 saturated carbocycles. The van der Waals surface area contributed by atoms with E-state index in [-0.39, 0.29) is 0 Å². The highest BCUT2D eigenvalue weighted by Crippen LogP contribution is 2.16. The molecule has 0 amide bonds. The first kappa shape index (κ1) is 18.0. The third-order valence-corrected chi connectivity index (χ3v) is 3.35. The summed E-state index contributed by atoms with van der Waals surface area (Å²) >= 11 is 0. The maximum atomic E-state index is 2.70. The Bertz CT molecular complexity index is 157. The van der Waals surface area contributed by atoms with Gasteiger partial charge < -0.3 is 4.90 Å². The Kier molecular flexibility index (Phi) is 10.8. The molecule has 18 heavy (non-hydrogen) atoms. The Hall–Kier alpha value is -0.0400. The van der Waals surface area contributed by atoms with Gasteiger partial charge in [0.25, 0.3) is 0 Å². The fourth-order valence-electron chi connectivity index (χ4n) is 2.47. The van der Waals surface area contributed by atoms with Crippen LogP contribution in [0.4, 0.5) is 0 Å². The molecule has 0 aromatic heterocycles. The van der Waals surface area contributed by atoms with Gasteiger partial charge in [-0.05, 0) is 31.3 Å². The summed E-state index contributed by atoms with van der Waals surface area (Å²) < 4.78 is 0. The average Bonchev–Trinajstić information content (AvgIpc) is 2.28. The Morgan fingerprint density at radius 2 is 1.11 bits per heavy atom. The topological polar surface area (TPSA) is 3.24 Å². The van der Waals surface area contributed by atoms with Crippen molar-refractivity contribution in [2.45, 2.75) is 86.0 Å². The Morgan fingerprint density at radius 1 is 0.667 bits per heavy atom. The maximum absolute atomic E-state index is 2.70. The normalized spacial score (nSPS) is 12.3. The molecule has 0 spiro atoms. The minimum Gasteiger partial charge on any atom is -0.303 e. The van der Waals surface area contributed by atoms with Gasteiger partial charge in [0.1, 0.15) is 0 Å². The molecule has 1 nitrogen and oxygen atoms in total. The van der Waals surface area contributed by atoms with Crippen molar-refractivity contribution in [1.29, 1.82) is 0 Å². The first-order valence-corrected chi connectivity index (χ1v) is 8.22. The number of rotatable bonds is 11. The van der Waals surface area contributed by atoms with Crippen LogP contribution in [0.5, 0.6) is 0 Å². The van der Waals surface area contributed by atoms with Gasteiger partial charge in [0.15, 0.2) is 0 Å². The van der Waals surface area contributed by atoms with Crippen LogP contribution >= 0.6 is 0 Å². The van der Waals surface area contributed by atoms with Crippen molar-refractivity contribution >= 4 is 0 Å². The van der Waals surface area contributed by atoms with Gasteiger partial charge in [-0.25, -0.2) is 0 Å². The van der Waals surface area contributed by atoms with Gasteiger partial charge >= 0.3 is 0 Å². The summed E-state index contributed by atoms with van der Waals surface area (Å²) in [6.07, 6.45) is 11.1. The van der Waals surface area contributed by atoms with E-state index in [1.54, 1.807) is 0 Å². The second-order valence-electron chi connectivity index (χ2n) is 6.96. The predicted octanol–water partition coefficient (Wildman–Crippen LogP) is 5.50. The zero-order valence-electron chi connectivity index (χ0n) is 13.7. The average molecular weight is 255 g/mol. The SMILES string of the molecule is CCCCCCN(CCCCCC)CC(C)(C)C. The van der Waals surface area contributed by atoms with Crippen molar-refractivity contribution in [1.82, 2.24) is 4.90 Å². The van der Waals surface area contributed by atoms with E-state index in [9.17, 15) is 0 Å². The van der Waals surface area contributed by atoms with E-state index in [2.05, 4.69) is 39.5 Å². The van der Waals surface area contributed by atoms with Crippen LogP contribution in [0.15, 0.2) is 0 Å². The third-order valence-electron chi connectivity index (χ3n) is 3.35. The molecule has 0 radical (unpaired) electrons. The van der Waals surface area contributed by atoms with Crippen molar-refractivity contribution in [3.63, 3.8) is 0 Å². The molecule has 1 heteroatoms. The molecule has 0 N–H and O–H groups in total. The van der Waals surface area contributed by atoms with E-state index in [0.717, 1.165) is 0 Å². The molecule has 0 unspecified atom stereocenters. The second-order valence-corrected chi connectivity index (χ2v) is 6.96. The molecule has 0 saturated heterocycles. The van der Waals surface area contributed by atoms with E-state index >= 15 is 0 Å². The lowest BCUT2D eigenvalue weighted by molar-refractivity contribution is 0.184. The van der Waals surface area contributed by atoms with Gasteiger partial charge in [0, 0.05) is 6.54 Å². The van der Waals surface area contributed by atoms with Gasteiger partial charge in [-0.2, -0.15) is 0 Å². The predicted molar refractivity (Wildman–Crippen MR) is 84.2 cm³/mol. The standard InChI is InChI=1S/C17H37N/c1-6-8-10-12-14-18(16-17(3,4)5)15-13-11-9-7-2/h6-16H2,1-5H3. The van der Waals surface area contributed by atoms with Crippen LogP contribution in [0, 0.1) is 5.41 Å². The maximum Gasteiger partial charge on any atom is 0.00300 e. The van der Waals surface area contributed by atoms with Crippen molar-refractivity contribution in [2.75, 3.05) is 19.6 Å². The molecule has 0 aliphatic rings. The molecule has 110 valence electrons. The summed E-state index contributed by atoms with van der Waals surface area (Å²) in [7, 11) is 0. The number of hydrogen-bond donors (Lipinski definition) is 0. The highest BCUT2D eigenvalue weighted by molar-refractivity contribution is 4.69. The van der Waals surface area contributed by atoms with Crippen LogP contribution in [-0.2, 0) is 0 Å². The first-order valence-electron chi connectivity index (χ1n) is 8.22. The molecule has 0 heterocycles. The fraction of sp³-hybridized carbons (Fsp3) is 1.00. The molecule has 0 rings (SSSR count). The third kappa shape index (κ3) is 12.4. The Labute approximate surface area is 116 Å². The van der Waals surface area contributed by atoms with Crippen LogP contribution < -0.4 is 0 Å². The van der Waals surface area contributed by atoms with Crippen LogP contribution in [0.25, 0.3) is 0 Å². The van der Waals surface area contributed by atoms with Crippen molar-refractivity contribution in [3.8, 4) is 0 Å². The van der Waals surface area contributed by atoms with Crippen LogP contribution in [0.1, 0.15) is 86.0 Å². The zero-order valence-corrected chi connectivity index (χ0v) is 13.7. The zero-order chi connectivity index (χ0) is 13.9. The van der Waals surface area contributed by atoms with Gasteiger partial charge in [-0.1, -0.05) is 73.1 Å². The minimum absolute atomic E-state index is 0.440. The first-order chi connectivity index (χ1) is 8.49. The summed E-state index contributed by atoms with van der Waals surface area (Å²) in [5.41, 5.74) is 0.440. The van der Waals surface area contributed by atoms with E-state index in [1.165, 1.54) is 71.0 Å². The lowest BCUT2D eigenvalue weighted by atomic mass is 9.95. The highest BCUT2D eigenvalue weighted by atomic mass is 15.1. The van der Waals surface area contributed by atoms with Gasteiger partial charge in [0.05, 0.1) is 0 Å². The van der Waals surface area contributed by atoms with E-state index < -0.39 is 0 Å². The molecule has 0 bridgehead atoms.